The number of nitrogens with zero attached hydrogens (tertiary/aromatic N) is 2. The SMILES string of the molecule is CC(C)c1ccc(C(=O)N(C2CC=C(N3CCCC3)CC2)C2CC2)cc1. The van der Waals surface area contributed by atoms with Crippen molar-refractivity contribution in [1.82, 2.24) is 9.80 Å². The molecular weight excluding hydrogens is 320 g/mol. The molecule has 1 amide bonds. The number of likely N-dealkylation sites (tertiary alicyclic amines) is 1. The Labute approximate surface area is 158 Å². The molecule has 2 aliphatic carbocycles. The fourth-order valence-electron chi connectivity index (χ4n) is 4.49. The van der Waals surface area contributed by atoms with Crippen LogP contribution in [0.15, 0.2) is 36.0 Å². The summed E-state index contributed by atoms with van der Waals surface area (Å²) in [6.07, 6.45) is 10.7. The largest absolute Gasteiger partial charge is 0.375 e. The Morgan fingerprint density at radius 3 is 2.27 bits per heavy atom. The van der Waals surface area contributed by atoms with E-state index in [0.717, 1.165) is 24.8 Å². The molecule has 4 rings (SSSR count). The molecule has 140 valence electrons. The Kier molecular flexibility index (Phi) is 5.06. The third-order valence-corrected chi connectivity index (χ3v) is 6.26. The summed E-state index contributed by atoms with van der Waals surface area (Å²) < 4.78 is 0. The van der Waals surface area contributed by atoms with Gasteiger partial charge in [-0.3, -0.25) is 4.79 Å². The van der Waals surface area contributed by atoms with Crippen LogP contribution < -0.4 is 0 Å². The molecule has 1 heterocycles. The van der Waals surface area contributed by atoms with Crippen LogP contribution in [0, 0.1) is 0 Å². The van der Waals surface area contributed by atoms with Crippen molar-refractivity contribution in [2.24, 2.45) is 0 Å². The van der Waals surface area contributed by atoms with Crippen molar-refractivity contribution in [2.75, 3.05) is 13.1 Å². The molecule has 3 heteroatoms. The zero-order chi connectivity index (χ0) is 18.1. The van der Waals surface area contributed by atoms with Gasteiger partial charge in [0, 0.05) is 36.4 Å². The zero-order valence-electron chi connectivity index (χ0n) is 16.3. The van der Waals surface area contributed by atoms with Crippen molar-refractivity contribution in [1.29, 1.82) is 0 Å². The van der Waals surface area contributed by atoms with Crippen molar-refractivity contribution in [3.8, 4) is 0 Å². The van der Waals surface area contributed by atoms with Gasteiger partial charge in [0.15, 0.2) is 0 Å². The molecule has 1 unspecified atom stereocenters. The van der Waals surface area contributed by atoms with E-state index in [1.807, 2.05) is 12.1 Å². The quantitative estimate of drug-likeness (QED) is 0.749. The number of hydrogen-bond acceptors (Lipinski definition) is 2. The molecule has 3 nitrogen and oxygen atoms in total. The summed E-state index contributed by atoms with van der Waals surface area (Å²) in [5.74, 6) is 0.747. The Hall–Kier alpha value is -1.77. The predicted octanol–water partition coefficient (Wildman–Crippen LogP) is 4.95. The molecule has 1 atom stereocenters. The first-order valence-electron chi connectivity index (χ1n) is 10.5. The second-order valence-corrected chi connectivity index (χ2v) is 8.54. The number of rotatable bonds is 5. The topological polar surface area (TPSA) is 23.6 Å². The molecule has 0 radical (unpaired) electrons. The van der Waals surface area contributed by atoms with Gasteiger partial charge in [-0.05, 0) is 68.6 Å². The summed E-state index contributed by atoms with van der Waals surface area (Å²) in [5, 5.41) is 0. The van der Waals surface area contributed by atoms with Gasteiger partial charge in [0.2, 0.25) is 0 Å². The molecular formula is C23H32N2O. The fraction of sp³-hybridized carbons (Fsp3) is 0.609. The van der Waals surface area contributed by atoms with E-state index in [1.165, 1.54) is 50.0 Å². The van der Waals surface area contributed by atoms with Crippen LogP contribution in [-0.4, -0.2) is 40.9 Å². The van der Waals surface area contributed by atoms with Crippen LogP contribution in [0.25, 0.3) is 0 Å². The van der Waals surface area contributed by atoms with Gasteiger partial charge >= 0.3 is 0 Å². The lowest BCUT2D eigenvalue weighted by atomic mass is 9.95. The standard InChI is InChI=1S/C23H32N2O/c1-17(2)18-5-7-19(8-6-18)23(26)25(22-13-14-22)21-11-9-20(10-12-21)24-15-3-4-16-24/h5-9,17,21-22H,3-4,10-16H2,1-2H3. The van der Waals surface area contributed by atoms with Crippen LogP contribution in [-0.2, 0) is 0 Å². The average Bonchev–Trinajstić information content (AvgIpc) is 3.34. The van der Waals surface area contributed by atoms with Crippen molar-refractivity contribution in [2.45, 2.75) is 76.8 Å². The van der Waals surface area contributed by atoms with Crippen molar-refractivity contribution < 1.29 is 4.79 Å². The second kappa shape index (κ2) is 7.46. The van der Waals surface area contributed by atoms with Gasteiger partial charge < -0.3 is 9.80 Å². The molecule has 1 aromatic rings. The second-order valence-electron chi connectivity index (χ2n) is 8.54. The number of hydrogen-bond donors (Lipinski definition) is 0. The molecule has 0 aromatic heterocycles. The summed E-state index contributed by atoms with van der Waals surface area (Å²) in [5.41, 5.74) is 3.69. The van der Waals surface area contributed by atoms with Gasteiger partial charge in [-0.2, -0.15) is 0 Å². The molecule has 26 heavy (non-hydrogen) atoms. The van der Waals surface area contributed by atoms with E-state index < -0.39 is 0 Å². The van der Waals surface area contributed by atoms with Crippen LogP contribution in [0.4, 0.5) is 0 Å². The maximum absolute atomic E-state index is 13.2. The van der Waals surface area contributed by atoms with Gasteiger partial charge in [0.25, 0.3) is 5.91 Å². The first-order valence-corrected chi connectivity index (χ1v) is 10.5. The lowest BCUT2D eigenvalue weighted by Crippen LogP contribution is -2.43. The Morgan fingerprint density at radius 1 is 1.04 bits per heavy atom. The van der Waals surface area contributed by atoms with Gasteiger partial charge in [0.1, 0.15) is 0 Å². The minimum Gasteiger partial charge on any atom is -0.375 e. The third kappa shape index (κ3) is 3.67. The van der Waals surface area contributed by atoms with Crippen LogP contribution in [0.2, 0.25) is 0 Å². The zero-order valence-corrected chi connectivity index (χ0v) is 16.3. The highest BCUT2D eigenvalue weighted by atomic mass is 16.2. The first-order chi connectivity index (χ1) is 12.6. The summed E-state index contributed by atoms with van der Waals surface area (Å²) in [6, 6.07) is 9.15. The molecule has 1 aliphatic heterocycles. The highest BCUT2D eigenvalue weighted by molar-refractivity contribution is 5.95. The summed E-state index contributed by atoms with van der Waals surface area (Å²) in [4.78, 5) is 18.0. The average molecular weight is 353 g/mol. The van der Waals surface area contributed by atoms with Gasteiger partial charge in [-0.15, -0.1) is 0 Å². The number of benzene rings is 1. The normalized spacial score (nSPS) is 23.3. The molecule has 0 spiro atoms. The minimum absolute atomic E-state index is 0.242. The molecule has 1 saturated carbocycles. The van der Waals surface area contributed by atoms with Crippen molar-refractivity contribution in [3.63, 3.8) is 0 Å². The number of amides is 1. The van der Waals surface area contributed by atoms with E-state index in [9.17, 15) is 4.79 Å². The van der Waals surface area contributed by atoms with E-state index >= 15 is 0 Å². The molecule has 3 aliphatic rings. The number of allylic oxidation sites excluding steroid dienone is 1. The van der Waals surface area contributed by atoms with Crippen LogP contribution >= 0.6 is 0 Å². The van der Waals surface area contributed by atoms with Gasteiger partial charge in [-0.25, -0.2) is 0 Å². The first kappa shape index (κ1) is 17.6. The summed E-state index contributed by atoms with van der Waals surface area (Å²) in [6.45, 7) is 6.84. The van der Waals surface area contributed by atoms with Gasteiger partial charge in [0.05, 0.1) is 0 Å². The third-order valence-electron chi connectivity index (χ3n) is 6.26. The monoisotopic (exact) mass is 352 g/mol. The highest BCUT2D eigenvalue weighted by Crippen LogP contribution is 2.35. The Bertz CT molecular complexity index is 666. The molecule has 0 N–H and O–H groups in total. The molecule has 1 saturated heterocycles. The Morgan fingerprint density at radius 2 is 1.73 bits per heavy atom. The number of carbonyl (C=O) groups is 1. The van der Waals surface area contributed by atoms with Crippen molar-refractivity contribution >= 4 is 5.91 Å². The smallest absolute Gasteiger partial charge is 0.254 e. The number of carbonyl (C=O) groups excluding carboxylic acids is 1. The lowest BCUT2D eigenvalue weighted by molar-refractivity contribution is 0.0642. The van der Waals surface area contributed by atoms with E-state index in [0.29, 0.717) is 18.0 Å². The van der Waals surface area contributed by atoms with Crippen molar-refractivity contribution in [3.05, 3.63) is 47.2 Å². The maximum Gasteiger partial charge on any atom is 0.254 e. The molecule has 2 fully saturated rings. The van der Waals surface area contributed by atoms with E-state index in [4.69, 9.17) is 0 Å². The van der Waals surface area contributed by atoms with E-state index in [-0.39, 0.29) is 5.91 Å². The van der Waals surface area contributed by atoms with E-state index in [1.54, 1.807) is 0 Å². The van der Waals surface area contributed by atoms with Gasteiger partial charge in [-0.1, -0.05) is 32.1 Å². The Balaban J connectivity index is 1.47. The predicted molar refractivity (Wildman–Crippen MR) is 106 cm³/mol. The molecule has 1 aromatic carbocycles. The maximum atomic E-state index is 13.2. The molecule has 0 bridgehead atoms. The summed E-state index contributed by atoms with van der Waals surface area (Å²) >= 11 is 0. The fourth-order valence-corrected chi connectivity index (χ4v) is 4.49. The highest BCUT2D eigenvalue weighted by Gasteiger charge is 2.38. The lowest BCUT2D eigenvalue weighted by Gasteiger charge is -2.36. The van der Waals surface area contributed by atoms with E-state index in [2.05, 4.69) is 41.9 Å². The van der Waals surface area contributed by atoms with Crippen LogP contribution in [0.1, 0.15) is 80.6 Å². The summed E-state index contributed by atoms with van der Waals surface area (Å²) in [7, 11) is 0. The van der Waals surface area contributed by atoms with Crippen LogP contribution in [0.5, 0.6) is 0 Å². The van der Waals surface area contributed by atoms with Crippen LogP contribution in [0.3, 0.4) is 0 Å². The minimum atomic E-state index is 0.242.